The van der Waals surface area contributed by atoms with Gasteiger partial charge in [-0.3, -0.25) is 24.6 Å². The topological polar surface area (TPSA) is 212 Å². The largest absolute Gasteiger partial charge is 0.384 e. The number of carbonyl (C=O) groups is 4. The molecule has 1 heterocycles. The number of hydrogen-bond acceptors (Lipinski definition) is 7. The van der Waals surface area contributed by atoms with Crippen molar-refractivity contribution in [3.8, 4) is 0 Å². The van der Waals surface area contributed by atoms with E-state index in [1.54, 1.807) is 60.7 Å². The van der Waals surface area contributed by atoms with Crippen molar-refractivity contribution in [3.63, 3.8) is 0 Å². The summed E-state index contributed by atoms with van der Waals surface area (Å²) in [5.41, 5.74) is 12.0. The van der Waals surface area contributed by atoms with Crippen molar-refractivity contribution in [2.24, 2.45) is 5.73 Å². The van der Waals surface area contributed by atoms with Gasteiger partial charge in [0, 0.05) is 31.6 Å². The summed E-state index contributed by atoms with van der Waals surface area (Å²) in [4.78, 5) is 54.5. The highest BCUT2D eigenvalue weighted by atomic mass is 32.2. The Hall–Kier alpha value is -6.64. The number of carbonyl (C=O) groups excluding carboxylic acids is 4. The molecule has 1 aliphatic heterocycles. The Morgan fingerprint density at radius 3 is 1.88 bits per heavy atom. The summed E-state index contributed by atoms with van der Waals surface area (Å²) in [5, 5.41) is 19.3. The van der Waals surface area contributed by atoms with Crippen LogP contribution in [0.3, 0.4) is 0 Å². The van der Waals surface area contributed by atoms with E-state index in [0.717, 1.165) is 33.4 Å². The van der Waals surface area contributed by atoms with Gasteiger partial charge in [-0.15, -0.1) is 0 Å². The number of nitrogens with two attached hydrogens (primary N) is 1. The Balaban J connectivity index is 1.30. The van der Waals surface area contributed by atoms with Crippen LogP contribution in [0.5, 0.6) is 0 Å². The first-order valence-electron chi connectivity index (χ1n) is 19.7. The molecule has 13 nitrogen and oxygen atoms in total. The molecule has 0 fully saturated rings. The van der Waals surface area contributed by atoms with Crippen molar-refractivity contribution in [2.45, 2.75) is 69.6 Å². The van der Waals surface area contributed by atoms with Crippen LogP contribution in [0.2, 0.25) is 0 Å². The fourth-order valence-electron chi connectivity index (χ4n) is 6.97. The van der Waals surface area contributed by atoms with Crippen molar-refractivity contribution in [1.29, 1.82) is 5.41 Å². The number of amidine groups is 1. The van der Waals surface area contributed by atoms with Gasteiger partial charge in [-0.1, -0.05) is 127 Å². The van der Waals surface area contributed by atoms with Gasteiger partial charge < -0.3 is 27.0 Å². The van der Waals surface area contributed by atoms with E-state index < -0.39 is 33.9 Å². The average Bonchev–Trinajstić information content (AvgIpc) is 3.23. The van der Waals surface area contributed by atoms with E-state index >= 15 is 0 Å². The molecule has 14 heteroatoms. The maximum absolute atomic E-state index is 14.3. The molecule has 1 aliphatic rings. The molecule has 2 unspecified atom stereocenters. The standard InChI is InChI=1S/C46H49N7O6S/c47-44(48)37-19-16-32(17-20-37)27-51-45(56)41-24-34-11-7-13-36(23-34)29-50-43(55)26-39-15-5-4-14-38(39)25-42(54)49-28-35-12-6-10-31(22-35)18-21-40(46(57)52-41)53-60(58,59)30-33-8-2-1-3-9-33/h1-17,19-20,22-23,40-41,53H,18,21,24-30H2,(H3,47,48)(H,49,54)(H,50,55)(H,51,56)(H,52,57). The van der Waals surface area contributed by atoms with Crippen molar-refractivity contribution in [1.82, 2.24) is 26.0 Å². The predicted molar refractivity (Wildman–Crippen MR) is 230 cm³/mol. The molecule has 0 aromatic heterocycles. The van der Waals surface area contributed by atoms with Crippen molar-refractivity contribution in [3.05, 3.63) is 177 Å². The molecule has 0 spiro atoms. The van der Waals surface area contributed by atoms with Crippen LogP contribution in [0.25, 0.3) is 0 Å². The van der Waals surface area contributed by atoms with Crippen LogP contribution in [0, 0.1) is 5.41 Å². The van der Waals surface area contributed by atoms with E-state index in [1.807, 2.05) is 66.7 Å². The Morgan fingerprint density at radius 1 is 0.700 bits per heavy atom. The van der Waals surface area contributed by atoms with E-state index in [4.69, 9.17) is 11.1 Å². The molecule has 5 aromatic carbocycles. The van der Waals surface area contributed by atoms with Crippen molar-refractivity contribution in [2.75, 3.05) is 0 Å². The molecule has 8 N–H and O–H groups in total. The number of aryl methyl sites for hydroxylation is 1. The molecule has 0 saturated carbocycles. The van der Waals surface area contributed by atoms with Gasteiger partial charge in [0.25, 0.3) is 0 Å². The molecule has 310 valence electrons. The third kappa shape index (κ3) is 12.9. The second-order valence-corrected chi connectivity index (χ2v) is 16.6. The fraction of sp³-hybridized carbons (Fsp3) is 0.239. The second-order valence-electron chi connectivity index (χ2n) is 14.9. The molecule has 5 aromatic rings. The van der Waals surface area contributed by atoms with Crippen LogP contribution in [0.4, 0.5) is 0 Å². The monoisotopic (exact) mass is 827 g/mol. The summed E-state index contributed by atoms with van der Waals surface area (Å²) in [5.74, 6) is -2.06. The minimum atomic E-state index is -4.04. The number of fused-ring (bicyclic) bond motifs is 5. The van der Waals surface area contributed by atoms with E-state index in [9.17, 15) is 27.6 Å². The molecule has 0 saturated heterocycles. The number of sulfonamides is 1. The van der Waals surface area contributed by atoms with E-state index in [2.05, 4.69) is 26.0 Å². The van der Waals surface area contributed by atoms with Crippen LogP contribution in [0.1, 0.15) is 56.5 Å². The lowest BCUT2D eigenvalue weighted by Gasteiger charge is -2.24. The first kappa shape index (κ1) is 43.0. The minimum Gasteiger partial charge on any atom is -0.384 e. The molecule has 0 radical (unpaired) electrons. The Kier molecular flexibility index (Phi) is 14.6. The summed E-state index contributed by atoms with van der Waals surface area (Å²) in [7, 11) is -4.04. The highest BCUT2D eigenvalue weighted by molar-refractivity contribution is 7.88. The number of benzene rings is 5. The van der Waals surface area contributed by atoms with E-state index in [0.29, 0.717) is 23.1 Å². The second kappa shape index (κ2) is 20.4. The molecular formula is C46H49N7O6S. The SMILES string of the molecule is N=C(N)c1ccc(CNC(=O)C2Cc3cccc(c3)CNC(=O)Cc3ccccc3CC(=O)NCc3cccc(c3)CCC(NS(=O)(=O)Cc3ccccc3)C(=O)N2)cc1. The first-order chi connectivity index (χ1) is 28.9. The summed E-state index contributed by atoms with van der Waals surface area (Å²) in [6.07, 6.45) is 0.595. The van der Waals surface area contributed by atoms with Crippen molar-refractivity contribution >= 4 is 39.5 Å². The van der Waals surface area contributed by atoms with Gasteiger partial charge in [0.2, 0.25) is 33.7 Å². The Morgan fingerprint density at radius 2 is 1.27 bits per heavy atom. The van der Waals surface area contributed by atoms with Gasteiger partial charge in [-0.05, 0) is 57.3 Å². The first-order valence-corrected chi connectivity index (χ1v) is 21.4. The van der Waals surface area contributed by atoms with Gasteiger partial charge in [0.05, 0.1) is 18.6 Å². The van der Waals surface area contributed by atoms with Crippen LogP contribution in [0.15, 0.2) is 127 Å². The average molecular weight is 828 g/mol. The summed E-state index contributed by atoms with van der Waals surface area (Å²) in [6, 6.07) is 35.2. The maximum Gasteiger partial charge on any atom is 0.243 e. The predicted octanol–water partition coefficient (Wildman–Crippen LogP) is 3.47. The normalized spacial score (nSPS) is 16.9. The molecular weight excluding hydrogens is 779 g/mol. The third-order valence-corrected chi connectivity index (χ3v) is 11.5. The van der Waals surface area contributed by atoms with Gasteiger partial charge >= 0.3 is 0 Å². The lowest BCUT2D eigenvalue weighted by atomic mass is 10.0. The number of amides is 4. The maximum atomic E-state index is 14.3. The van der Waals surface area contributed by atoms with Crippen LogP contribution >= 0.6 is 0 Å². The molecule has 60 heavy (non-hydrogen) atoms. The smallest absolute Gasteiger partial charge is 0.243 e. The van der Waals surface area contributed by atoms with Crippen LogP contribution in [-0.2, 0) is 80.3 Å². The zero-order valence-corrected chi connectivity index (χ0v) is 33.9. The number of nitrogen functional groups attached to an aromatic ring is 1. The lowest BCUT2D eigenvalue weighted by Crippen LogP contribution is -2.54. The lowest BCUT2D eigenvalue weighted by molar-refractivity contribution is -0.130. The third-order valence-electron chi connectivity index (χ3n) is 10.1. The minimum absolute atomic E-state index is 0.0581. The van der Waals surface area contributed by atoms with Gasteiger partial charge in [0.1, 0.15) is 17.9 Å². The zero-order valence-electron chi connectivity index (χ0n) is 33.1. The number of rotatable bonds is 8. The van der Waals surface area contributed by atoms with Gasteiger partial charge in [0.15, 0.2) is 0 Å². The van der Waals surface area contributed by atoms with Gasteiger partial charge in [-0.25, -0.2) is 13.1 Å². The molecule has 4 amide bonds. The molecule has 6 rings (SSSR count). The molecule has 4 bridgehead atoms. The number of hydrogen-bond donors (Lipinski definition) is 7. The van der Waals surface area contributed by atoms with E-state index in [-0.39, 0.29) is 68.7 Å². The summed E-state index contributed by atoms with van der Waals surface area (Å²) in [6.45, 7) is 0.542. The Labute approximate surface area is 350 Å². The van der Waals surface area contributed by atoms with Crippen molar-refractivity contribution < 1.29 is 27.6 Å². The Bertz CT molecular complexity index is 2440. The zero-order chi connectivity index (χ0) is 42.5. The summed E-state index contributed by atoms with van der Waals surface area (Å²) < 4.78 is 29.8. The highest BCUT2D eigenvalue weighted by Gasteiger charge is 2.29. The quantitative estimate of drug-likeness (QED) is 0.0914. The molecule has 0 aliphatic carbocycles. The summed E-state index contributed by atoms with van der Waals surface area (Å²) >= 11 is 0. The van der Waals surface area contributed by atoms with Crippen LogP contribution in [-0.4, -0.2) is 50.0 Å². The highest BCUT2D eigenvalue weighted by Crippen LogP contribution is 2.16. The molecule has 2 atom stereocenters. The fourth-order valence-corrected chi connectivity index (χ4v) is 8.35. The number of nitrogens with one attached hydrogen (secondary N) is 6. The van der Waals surface area contributed by atoms with E-state index in [1.165, 1.54) is 0 Å². The van der Waals surface area contributed by atoms with Crippen LogP contribution < -0.4 is 31.7 Å². The van der Waals surface area contributed by atoms with Gasteiger partial charge in [-0.2, -0.15) is 0 Å².